The van der Waals surface area contributed by atoms with E-state index in [9.17, 15) is 21.7 Å². The first-order valence-electron chi connectivity index (χ1n) is 5.13. The smallest absolute Gasteiger partial charge is 0.870 e. The van der Waals surface area contributed by atoms with Gasteiger partial charge in [-0.1, -0.05) is 24.3 Å². The zero-order chi connectivity index (χ0) is 14.0. The Kier molecular flexibility index (Phi) is 10.5. The van der Waals surface area contributed by atoms with Gasteiger partial charge in [0.15, 0.2) is 0 Å². The molecule has 2 aromatic carbocycles. The van der Waals surface area contributed by atoms with Gasteiger partial charge in [-0.2, -0.15) is 0 Å². The van der Waals surface area contributed by atoms with Gasteiger partial charge in [-0.25, -0.2) is 8.42 Å². The summed E-state index contributed by atoms with van der Waals surface area (Å²) >= 11 is -2.28. The van der Waals surface area contributed by atoms with Crippen molar-refractivity contribution in [3.8, 4) is 11.1 Å². The van der Waals surface area contributed by atoms with E-state index >= 15 is 0 Å². The summed E-state index contributed by atoms with van der Waals surface area (Å²) in [7, 11) is -4.45. The SMILES string of the molecule is O=S([O-])c1ccc(-c2ccc(S(=O)(=O)[O-])cc2)cc1.[Li+].[Li+].[OH-]. The van der Waals surface area contributed by atoms with Crippen molar-refractivity contribution in [2.45, 2.75) is 9.79 Å². The first kappa shape index (κ1) is 23.9. The molecule has 108 valence electrons. The van der Waals surface area contributed by atoms with Crippen LogP contribution in [0.5, 0.6) is 0 Å². The number of rotatable bonds is 3. The van der Waals surface area contributed by atoms with Crippen LogP contribution >= 0.6 is 0 Å². The molecule has 0 aromatic heterocycles. The van der Waals surface area contributed by atoms with E-state index in [2.05, 4.69) is 0 Å². The summed E-state index contributed by atoms with van der Waals surface area (Å²) in [6.45, 7) is 0. The summed E-state index contributed by atoms with van der Waals surface area (Å²) in [6, 6.07) is 11.5. The second kappa shape index (κ2) is 9.69. The standard InChI is InChI=1S/C12H10O5S2.2Li.H2O/c13-18(14)11-5-1-9(2-6-11)10-3-7-12(8-4-10)19(15,16)17;;;/h1-8H,(H,13,14)(H,15,16,17);;;1H2/q;2*+1;/p-3. The summed E-state index contributed by atoms with van der Waals surface area (Å²) in [6.07, 6.45) is 0. The van der Waals surface area contributed by atoms with Crippen molar-refractivity contribution in [3.05, 3.63) is 48.5 Å². The Bertz CT molecular complexity index is 714. The van der Waals surface area contributed by atoms with Crippen LogP contribution in [0.25, 0.3) is 11.1 Å². The van der Waals surface area contributed by atoms with Gasteiger partial charge in [0.2, 0.25) is 0 Å². The summed E-state index contributed by atoms with van der Waals surface area (Å²) in [5.74, 6) is 0. The Morgan fingerprint density at radius 2 is 1.18 bits per heavy atom. The maximum absolute atomic E-state index is 10.8. The van der Waals surface area contributed by atoms with Gasteiger partial charge in [0.05, 0.1) is 4.90 Å². The first-order chi connectivity index (χ1) is 8.88. The second-order valence-corrected chi connectivity index (χ2v) is 6.06. The van der Waals surface area contributed by atoms with Crippen molar-refractivity contribution in [2.24, 2.45) is 0 Å². The van der Waals surface area contributed by atoms with Crippen LogP contribution in [0.4, 0.5) is 0 Å². The number of hydrogen-bond acceptors (Lipinski definition) is 6. The van der Waals surface area contributed by atoms with E-state index in [1.54, 1.807) is 12.1 Å². The topological polar surface area (TPSA) is 127 Å². The summed E-state index contributed by atoms with van der Waals surface area (Å²) in [4.78, 5) is -0.129. The molecule has 1 atom stereocenters. The van der Waals surface area contributed by atoms with Crippen molar-refractivity contribution < 1.29 is 64.9 Å². The molecule has 0 saturated heterocycles. The van der Waals surface area contributed by atoms with E-state index in [4.69, 9.17) is 0 Å². The maximum atomic E-state index is 10.8. The molecule has 0 aliphatic heterocycles. The van der Waals surface area contributed by atoms with Gasteiger partial charge in [0.25, 0.3) is 0 Å². The Balaban J connectivity index is 0. The van der Waals surface area contributed by atoms with Gasteiger partial charge in [0, 0.05) is 4.90 Å². The van der Waals surface area contributed by atoms with E-state index in [0.717, 1.165) is 5.56 Å². The number of benzene rings is 2. The fraction of sp³-hybridized carbons (Fsp3) is 0. The predicted octanol–water partition coefficient (Wildman–Crippen LogP) is -4.67. The molecule has 0 amide bonds. The van der Waals surface area contributed by atoms with Crippen LogP contribution in [-0.2, 0) is 21.2 Å². The fourth-order valence-corrected chi connectivity index (χ4v) is 2.40. The molecule has 0 aliphatic rings. The van der Waals surface area contributed by atoms with Crippen molar-refractivity contribution in [2.75, 3.05) is 0 Å². The van der Waals surface area contributed by atoms with E-state index in [0.29, 0.717) is 5.56 Å². The van der Waals surface area contributed by atoms with Crippen LogP contribution in [0.1, 0.15) is 0 Å². The zero-order valence-corrected chi connectivity index (χ0v) is 13.6. The van der Waals surface area contributed by atoms with Crippen molar-refractivity contribution in [1.29, 1.82) is 0 Å². The average Bonchev–Trinajstić information content (AvgIpc) is 2.38. The minimum absolute atomic E-state index is 0. The zero-order valence-electron chi connectivity index (χ0n) is 11.9. The van der Waals surface area contributed by atoms with E-state index < -0.39 is 21.2 Å². The van der Waals surface area contributed by atoms with Crippen molar-refractivity contribution in [3.63, 3.8) is 0 Å². The average molecular weight is 327 g/mol. The second-order valence-electron chi connectivity index (χ2n) is 3.74. The molecule has 6 nitrogen and oxygen atoms in total. The van der Waals surface area contributed by atoms with Gasteiger partial charge in [-0.05, 0) is 46.5 Å². The summed E-state index contributed by atoms with van der Waals surface area (Å²) in [5, 5.41) is 0. The largest absolute Gasteiger partial charge is 1.00 e. The van der Waals surface area contributed by atoms with Gasteiger partial charge >= 0.3 is 37.7 Å². The van der Waals surface area contributed by atoms with Crippen LogP contribution in [0, 0.1) is 0 Å². The third-order valence-corrected chi connectivity index (χ3v) is 4.03. The van der Waals surface area contributed by atoms with Gasteiger partial charge in [0.1, 0.15) is 10.1 Å². The molecule has 1 unspecified atom stereocenters. The van der Waals surface area contributed by atoms with Crippen molar-refractivity contribution in [1.82, 2.24) is 0 Å². The third kappa shape index (κ3) is 6.02. The Labute approximate surface area is 155 Å². The molecule has 2 aromatic rings. The molecule has 1 N–H and O–H groups in total. The molecule has 0 heterocycles. The first-order valence-corrected chi connectivity index (χ1v) is 7.62. The molecular formula is C12H9Li2O6S2-. The Morgan fingerprint density at radius 1 is 0.818 bits per heavy atom. The predicted molar refractivity (Wildman–Crippen MR) is 69.0 cm³/mol. The molecule has 0 radical (unpaired) electrons. The van der Waals surface area contributed by atoms with Crippen LogP contribution in [0.2, 0.25) is 0 Å². The summed E-state index contributed by atoms with van der Waals surface area (Å²) in [5.41, 5.74) is 1.42. The maximum Gasteiger partial charge on any atom is 1.00 e. The molecule has 2 rings (SSSR count). The van der Waals surface area contributed by atoms with E-state index in [-0.39, 0.29) is 53.0 Å². The molecule has 0 fully saturated rings. The summed E-state index contributed by atoms with van der Waals surface area (Å²) < 4.78 is 53.7. The molecular weight excluding hydrogens is 318 g/mol. The quantitative estimate of drug-likeness (QED) is 0.317. The normalized spacial score (nSPS) is 11.4. The third-order valence-electron chi connectivity index (χ3n) is 2.52. The van der Waals surface area contributed by atoms with E-state index in [1.165, 1.54) is 36.4 Å². The molecule has 0 saturated carbocycles. The molecule has 10 heteroatoms. The molecule has 0 spiro atoms. The minimum Gasteiger partial charge on any atom is -0.870 e. The van der Waals surface area contributed by atoms with Gasteiger partial charge in [-0.3, -0.25) is 4.21 Å². The van der Waals surface area contributed by atoms with E-state index in [1.807, 2.05) is 0 Å². The Morgan fingerprint density at radius 3 is 1.50 bits per heavy atom. The molecule has 22 heavy (non-hydrogen) atoms. The Hall–Kier alpha value is -0.385. The van der Waals surface area contributed by atoms with Crippen LogP contribution in [0.3, 0.4) is 0 Å². The minimum atomic E-state index is -4.45. The van der Waals surface area contributed by atoms with Crippen LogP contribution < -0.4 is 37.7 Å². The number of hydrogen-bond donors (Lipinski definition) is 0. The van der Waals surface area contributed by atoms with Crippen LogP contribution in [-0.4, -0.2) is 27.2 Å². The monoisotopic (exact) mass is 327 g/mol. The van der Waals surface area contributed by atoms with Gasteiger partial charge < -0.3 is 14.6 Å². The van der Waals surface area contributed by atoms with Crippen molar-refractivity contribution >= 4 is 21.2 Å². The molecule has 0 aliphatic carbocycles. The fourth-order valence-electron chi connectivity index (χ4n) is 1.57. The molecule has 0 bridgehead atoms. The van der Waals surface area contributed by atoms with Gasteiger partial charge in [-0.15, -0.1) is 0 Å². The van der Waals surface area contributed by atoms with Crippen LogP contribution in [0.15, 0.2) is 58.3 Å².